The predicted octanol–water partition coefficient (Wildman–Crippen LogP) is 4.25. The van der Waals surface area contributed by atoms with Crippen molar-refractivity contribution >= 4 is 23.4 Å². The number of halogens is 1. The number of nitrogens with one attached hydrogen (secondary N) is 1. The second kappa shape index (κ2) is 6.57. The first kappa shape index (κ1) is 14.6. The fourth-order valence-corrected chi connectivity index (χ4v) is 2.54. The number of carbonyl (C=O) groups is 1. The molecule has 104 valence electrons. The second-order valence-electron chi connectivity index (χ2n) is 4.54. The molecule has 1 N–H and O–H groups in total. The molecule has 0 aliphatic rings. The smallest absolute Gasteiger partial charge is 0.237 e. The molecule has 0 unspecified atom stereocenters. The van der Waals surface area contributed by atoms with Crippen LogP contribution in [0.4, 0.5) is 10.1 Å². The van der Waals surface area contributed by atoms with E-state index in [4.69, 9.17) is 0 Å². The average Bonchev–Trinajstić information content (AvgIpc) is 2.44. The van der Waals surface area contributed by atoms with Gasteiger partial charge in [0.1, 0.15) is 5.82 Å². The maximum absolute atomic E-state index is 13.5. The van der Waals surface area contributed by atoms with Crippen molar-refractivity contribution < 1.29 is 9.18 Å². The number of hydrogen-bond donors (Lipinski definition) is 1. The minimum absolute atomic E-state index is 0.208. The Morgan fingerprint density at radius 2 is 1.80 bits per heavy atom. The van der Waals surface area contributed by atoms with Crippen molar-refractivity contribution in [2.75, 3.05) is 5.32 Å². The molecular formula is C16H16FNOS. The second-order valence-corrected chi connectivity index (χ2v) is 5.96. The van der Waals surface area contributed by atoms with E-state index in [0.717, 1.165) is 4.90 Å². The number of anilines is 1. The van der Waals surface area contributed by atoms with E-state index in [1.54, 1.807) is 25.1 Å². The lowest BCUT2D eigenvalue weighted by Gasteiger charge is -2.12. The number of aryl methyl sites for hydroxylation is 1. The van der Waals surface area contributed by atoms with Crippen LogP contribution in [0.3, 0.4) is 0 Å². The topological polar surface area (TPSA) is 29.1 Å². The van der Waals surface area contributed by atoms with Crippen LogP contribution in [0.2, 0.25) is 0 Å². The normalized spacial score (nSPS) is 11.9. The van der Waals surface area contributed by atoms with Crippen LogP contribution < -0.4 is 5.32 Å². The van der Waals surface area contributed by atoms with E-state index >= 15 is 0 Å². The molecule has 2 rings (SSSR count). The van der Waals surface area contributed by atoms with Crippen molar-refractivity contribution in [1.29, 1.82) is 0 Å². The highest BCUT2D eigenvalue weighted by atomic mass is 32.2. The van der Waals surface area contributed by atoms with E-state index in [1.165, 1.54) is 23.4 Å². The lowest BCUT2D eigenvalue weighted by Crippen LogP contribution is -2.22. The number of thioether (sulfide) groups is 1. The molecule has 1 atom stereocenters. The number of para-hydroxylation sites is 1. The Balaban J connectivity index is 1.99. The summed E-state index contributed by atoms with van der Waals surface area (Å²) in [4.78, 5) is 13.1. The van der Waals surface area contributed by atoms with E-state index < -0.39 is 5.82 Å². The van der Waals surface area contributed by atoms with Crippen LogP contribution in [0.25, 0.3) is 0 Å². The summed E-state index contributed by atoms with van der Waals surface area (Å²) < 4.78 is 13.5. The lowest BCUT2D eigenvalue weighted by molar-refractivity contribution is -0.115. The molecular weight excluding hydrogens is 273 g/mol. The summed E-state index contributed by atoms with van der Waals surface area (Å²) in [5.41, 5.74) is 1.40. The van der Waals surface area contributed by atoms with Crippen molar-refractivity contribution in [3.8, 4) is 0 Å². The van der Waals surface area contributed by atoms with Crippen LogP contribution in [0.15, 0.2) is 53.4 Å². The molecule has 0 fully saturated rings. The van der Waals surface area contributed by atoms with Gasteiger partial charge in [-0.1, -0.05) is 29.8 Å². The van der Waals surface area contributed by atoms with Crippen LogP contribution in [0.1, 0.15) is 12.5 Å². The first-order chi connectivity index (χ1) is 9.56. The van der Waals surface area contributed by atoms with E-state index in [1.807, 2.05) is 31.2 Å². The molecule has 0 saturated carbocycles. The molecule has 0 saturated heterocycles. The highest BCUT2D eigenvalue weighted by Crippen LogP contribution is 2.24. The fraction of sp³-hybridized carbons (Fsp3) is 0.188. The van der Waals surface area contributed by atoms with Gasteiger partial charge in [-0.25, -0.2) is 4.39 Å². The predicted molar refractivity (Wildman–Crippen MR) is 81.5 cm³/mol. The molecule has 20 heavy (non-hydrogen) atoms. The van der Waals surface area contributed by atoms with Gasteiger partial charge in [-0.2, -0.15) is 0 Å². The minimum atomic E-state index is -0.423. The fourth-order valence-electron chi connectivity index (χ4n) is 1.67. The van der Waals surface area contributed by atoms with Gasteiger partial charge in [-0.05, 0) is 38.1 Å². The van der Waals surface area contributed by atoms with Crippen LogP contribution >= 0.6 is 11.8 Å². The van der Waals surface area contributed by atoms with Gasteiger partial charge in [0, 0.05) is 4.90 Å². The lowest BCUT2D eigenvalue weighted by atomic mass is 10.2. The third-order valence-electron chi connectivity index (χ3n) is 2.83. The maximum Gasteiger partial charge on any atom is 0.237 e. The van der Waals surface area contributed by atoms with Gasteiger partial charge in [0.2, 0.25) is 5.91 Å². The van der Waals surface area contributed by atoms with Gasteiger partial charge in [0.25, 0.3) is 0 Å². The molecule has 0 aliphatic carbocycles. The molecule has 2 nitrogen and oxygen atoms in total. The molecule has 0 aromatic heterocycles. The largest absolute Gasteiger partial charge is 0.323 e. The first-order valence-electron chi connectivity index (χ1n) is 6.35. The van der Waals surface area contributed by atoms with E-state index in [9.17, 15) is 9.18 Å². The summed E-state index contributed by atoms with van der Waals surface area (Å²) >= 11 is 1.45. The zero-order valence-corrected chi connectivity index (χ0v) is 12.2. The van der Waals surface area contributed by atoms with Gasteiger partial charge in [0.05, 0.1) is 10.9 Å². The summed E-state index contributed by atoms with van der Waals surface area (Å²) in [7, 11) is 0. The Hall–Kier alpha value is -1.81. The van der Waals surface area contributed by atoms with E-state index in [2.05, 4.69) is 5.32 Å². The molecule has 1 amide bonds. The average molecular weight is 289 g/mol. The third kappa shape index (κ3) is 3.84. The summed E-state index contributed by atoms with van der Waals surface area (Å²) in [6.45, 7) is 3.82. The van der Waals surface area contributed by atoms with Crippen molar-refractivity contribution in [3.63, 3.8) is 0 Å². The number of benzene rings is 2. The monoisotopic (exact) mass is 289 g/mol. The molecule has 0 radical (unpaired) electrons. The Kier molecular flexibility index (Phi) is 4.79. The highest BCUT2D eigenvalue weighted by Gasteiger charge is 2.15. The standard InChI is InChI=1S/C16H16FNOS/c1-11-7-9-13(10-8-11)20-12(2)16(19)18-15-6-4-3-5-14(15)17/h3-10,12H,1-2H3,(H,18,19)/t12-/m0/s1. The number of hydrogen-bond acceptors (Lipinski definition) is 2. The molecule has 4 heteroatoms. The van der Waals surface area contributed by atoms with Gasteiger partial charge in [0.15, 0.2) is 0 Å². The Labute approximate surface area is 122 Å². The van der Waals surface area contributed by atoms with Crippen LogP contribution in [-0.4, -0.2) is 11.2 Å². The van der Waals surface area contributed by atoms with Crippen molar-refractivity contribution in [2.45, 2.75) is 24.0 Å². The number of amides is 1. The zero-order valence-electron chi connectivity index (χ0n) is 11.4. The van der Waals surface area contributed by atoms with Gasteiger partial charge >= 0.3 is 0 Å². The summed E-state index contributed by atoms with van der Waals surface area (Å²) in [6, 6.07) is 14.1. The molecule has 2 aromatic carbocycles. The number of rotatable bonds is 4. The van der Waals surface area contributed by atoms with Crippen molar-refractivity contribution in [1.82, 2.24) is 0 Å². The minimum Gasteiger partial charge on any atom is -0.323 e. The maximum atomic E-state index is 13.5. The summed E-state index contributed by atoms with van der Waals surface area (Å²) in [5, 5.41) is 2.31. The zero-order chi connectivity index (χ0) is 14.5. The Morgan fingerprint density at radius 1 is 1.15 bits per heavy atom. The van der Waals surface area contributed by atoms with E-state index in [0.29, 0.717) is 0 Å². The van der Waals surface area contributed by atoms with Gasteiger partial charge in [-0.15, -0.1) is 11.8 Å². The third-order valence-corrected chi connectivity index (χ3v) is 3.95. The van der Waals surface area contributed by atoms with Crippen LogP contribution in [0.5, 0.6) is 0 Å². The number of carbonyl (C=O) groups excluding carboxylic acids is 1. The van der Waals surface area contributed by atoms with Crippen LogP contribution in [0, 0.1) is 12.7 Å². The quantitative estimate of drug-likeness (QED) is 0.852. The van der Waals surface area contributed by atoms with Gasteiger partial charge in [-0.3, -0.25) is 4.79 Å². The SMILES string of the molecule is Cc1ccc(S[C@@H](C)C(=O)Nc2ccccc2F)cc1. The van der Waals surface area contributed by atoms with Gasteiger partial charge < -0.3 is 5.32 Å². The molecule has 0 aliphatic heterocycles. The molecule has 2 aromatic rings. The Bertz CT molecular complexity index is 598. The van der Waals surface area contributed by atoms with Crippen molar-refractivity contribution in [3.05, 3.63) is 59.9 Å². The molecule has 0 spiro atoms. The van der Waals surface area contributed by atoms with E-state index in [-0.39, 0.29) is 16.8 Å². The first-order valence-corrected chi connectivity index (χ1v) is 7.23. The Morgan fingerprint density at radius 3 is 2.45 bits per heavy atom. The molecule has 0 heterocycles. The summed E-state index contributed by atoms with van der Waals surface area (Å²) in [5.74, 6) is -0.630. The molecule has 0 bridgehead atoms. The summed E-state index contributed by atoms with van der Waals surface area (Å²) in [6.07, 6.45) is 0. The van der Waals surface area contributed by atoms with Crippen molar-refractivity contribution in [2.24, 2.45) is 0 Å². The van der Waals surface area contributed by atoms with Crippen LogP contribution in [-0.2, 0) is 4.79 Å². The highest BCUT2D eigenvalue weighted by molar-refractivity contribution is 8.00.